The number of carbonyl (C=O) groups is 4. The molecule has 57 heavy (non-hydrogen) atoms. The third-order valence-electron chi connectivity index (χ3n) is 15.6. The molecule has 3 saturated carbocycles. The fourth-order valence-electron chi connectivity index (χ4n) is 13.0. The number of unbranched alkanes of at least 4 members (excludes halogenated alkanes) is 12. The van der Waals surface area contributed by atoms with E-state index in [9.17, 15) is 24.3 Å². The lowest BCUT2D eigenvalue weighted by molar-refractivity contribution is -0.447. The van der Waals surface area contributed by atoms with Crippen molar-refractivity contribution in [1.29, 1.82) is 0 Å². The lowest BCUT2D eigenvalue weighted by Gasteiger charge is -2.58. The second kappa shape index (κ2) is 17.3. The van der Waals surface area contributed by atoms with Crippen LogP contribution in [-0.4, -0.2) is 72.6 Å². The van der Waals surface area contributed by atoms with E-state index in [0.29, 0.717) is 25.2 Å². The molecular weight excluding hydrogens is 728 g/mol. The van der Waals surface area contributed by atoms with Crippen LogP contribution in [0.2, 0.25) is 0 Å². The highest BCUT2D eigenvalue weighted by atomic mass is 17.0. The van der Waals surface area contributed by atoms with Gasteiger partial charge in [-0.05, 0) is 61.7 Å². The number of aliphatic carboxylic acids is 1. The van der Waals surface area contributed by atoms with Gasteiger partial charge in [0, 0.05) is 18.3 Å². The zero-order valence-corrected chi connectivity index (χ0v) is 35.3. The van der Waals surface area contributed by atoms with Gasteiger partial charge in [0.1, 0.15) is 17.8 Å². The van der Waals surface area contributed by atoms with Crippen molar-refractivity contribution in [3.63, 3.8) is 0 Å². The van der Waals surface area contributed by atoms with Crippen LogP contribution in [0.25, 0.3) is 0 Å². The number of ether oxygens (including phenoxy) is 6. The summed E-state index contributed by atoms with van der Waals surface area (Å²) in [6.07, 6.45) is 16.6. The lowest BCUT2D eigenvalue weighted by Crippen LogP contribution is -2.66. The molecule has 4 aliphatic heterocycles. The number of esters is 2. The van der Waals surface area contributed by atoms with E-state index in [1.54, 1.807) is 0 Å². The summed E-state index contributed by atoms with van der Waals surface area (Å²) in [5.74, 6) is -3.45. The van der Waals surface area contributed by atoms with Gasteiger partial charge in [0.05, 0.1) is 12.0 Å². The number of carboxylic acids is 1. The SMILES string of the molecule is CCCCCCCCCC(=O)OC1C2OC3(OCC45CC6C(C)CCC6C6(C=O)CC4C=C(C(C)C)C65C(=O)O)OC2OC1C3OC(=O)CCCCCCCCC. The highest BCUT2D eigenvalue weighted by Gasteiger charge is 2.85. The highest BCUT2D eigenvalue weighted by Crippen LogP contribution is 2.82. The molecule has 8 bridgehead atoms. The Morgan fingerprint density at radius 1 is 0.842 bits per heavy atom. The quantitative estimate of drug-likeness (QED) is 0.0433. The van der Waals surface area contributed by atoms with Crippen LogP contribution in [0.4, 0.5) is 0 Å². The van der Waals surface area contributed by atoms with Crippen molar-refractivity contribution in [3.8, 4) is 0 Å². The largest absolute Gasteiger partial charge is 0.481 e. The summed E-state index contributed by atoms with van der Waals surface area (Å²) in [4.78, 5) is 54.5. The van der Waals surface area contributed by atoms with Gasteiger partial charge in [-0.2, -0.15) is 0 Å². The molecule has 7 fully saturated rings. The van der Waals surface area contributed by atoms with E-state index in [2.05, 4.69) is 26.8 Å². The number of allylic oxidation sites excluding steroid dienone is 1. The van der Waals surface area contributed by atoms with E-state index in [4.69, 9.17) is 28.4 Å². The van der Waals surface area contributed by atoms with Gasteiger partial charge < -0.3 is 33.6 Å². The molecule has 8 aliphatic rings. The fraction of sp³-hybridized carbons (Fsp3) is 0.870. The molecule has 0 amide bonds. The zero-order chi connectivity index (χ0) is 40.6. The van der Waals surface area contributed by atoms with Crippen molar-refractivity contribution >= 4 is 24.2 Å². The lowest BCUT2D eigenvalue weighted by atomic mass is 9.43. The van der Waals surface area contributed by atoms with Gasteiger partial charge in [-0.25, -0.2) is 0 Å². The maximum atomic E-state index is 14.1. The third kappa shape index (κ3) is 7.04. The van der Waals surface area contributed by atoms with Crippen molar-refractivity contribution in [3.05, 3.63) is 11.6 Å². The van der Waals surface area contributed by atoms with Crippen LogP contribution in [0.1, 0.15) is 163 Å². The Balaban J connectivity index is 1.12. The summed E-state index contributed by atoms with van der Waals surface area (Å²) in [6, 6.07) is 0. The topological polar surface area (TPSA) is 144 Å². The van der Waals surface area contributed by atoms with Crippen molar-refractivity contribution in [2.45, 2.75) is 200 Å². The zero-order valence-electron chi connectivity index (χ0n) is 35.3. The first kappa shape index (κ1) is 42.8. The molecule has 8 rings (SSSR count). The molecule has 0 radical (unpaired) electrons. The molecule has 11 heteroatoms. The smallest absolute Gasteiger partial charge is 0.328 e. The van der Waals surface area contributed by atoms with E-state index >= 15 is 0 Å². The molecule has 0 aromatic rings. The first-order valence-electron chi connectivity index (χ1n) is 22.9. The number of carbonyl (C=O) groups excluding carboxylic acids is 3. The molecule has 4 saturated heterocycles. The fourth-order valence-corrected chi connectivity index (χ4v) is 13.0. The van der Waals surface area contributed by atoms with Crippen molar-refractivity contribution < 1.29 is 52.7 Å². The summed E-state index contributed by atoms with van der Waals surface area (Å²) >= 11 is 0. The summed E-state index contributed by atoms with van der Waals surface area (Å²) in [5, 5.41) is 11.5. The summed E-state index contributed by atoms with van der Waals surface area (Å²) in [7, 11) is 0. The predicted octanol–water partition coefficient (Wildman–Crippen LogP) is 8.84. The summed E-state index contributed by atoms with van der Waals surface area (Å²) in [5.41, 5.74) is -2.65. The Bertz CT molecular complexity index is 1510. The van der Waals surface area contributed by atoms with Crippen LogP contribution in [0.5, 0.6) is 0 Å². The summed E-state index contributed by atoms with van der Waals surface area (Å²) < 4.78 is 38.4. The minimum Gasteiger partial charge on any atom is -0.481 e. The van der Waals surface area contributed by atoms with E-state index < -0.39 is 64.9 Å². The number of carboxylic acid groups (broad SMARTS) is 1. The summed E-state index contributed by atoms with van der Waals surface area (Å²) in [6.45, 7) is 10.6. The average Bonchev–Trinajstić information content (AvgIpc) is 3.91. The second-order valence-corrected chi connectivity index (χ2v) is 19.2. The Kier molecular flexibility index (Phi) is 13.0. The second-order valence-electron chi connectivity index (χ2n) is 19.2. The Labute approximate surface area is 340 Å². The van der Waals surface area contributed by atoms with Gasteiger partial charge >= 0.3 is 23.9 Å². The molecule has 11 nitrogen and oxygen atoms in total. The predicted molar refractivity (Wildman–Crippen MR) is 210 cm³/mol. The van der Waals surface area contributed by atoms with Crippen molar-refractivity contribution in [2.75, 3.05) is 6.61 Å². The molecule has 320 valence electrons. The van der Waals surface area contributed by atoms with Crippen LogP contribution < -0.4 is 0 Å². The third-order valence-corrected chi connectivity index (χ3v) is 15.6. The molecule has 13 atom stereocenters. The van der Waals surface area contributed by atoms with Crippen LogP contribution in [0.3, 0.4) is 0 Å². The van der Waals surface area contributed by atoms with Gasteiger partial charge in [-0.3, -0.25) is 19.1 Å². The van der Waals surface area contributed by atoms with E-state index in [-0.39, 0.29) is 49.1 Å². The monoisotopic (exact) mass is 798 g/mol. The standard InChI is InChI=1S/C46H70O11/c1-6-8-10-12-14-16-18-20-35(48)53-37-38-40(54-36(49)21-19-17-15-13-11-9-7-2)46(56-39(37)41(55-38)57-46)52-28-44-26-32-30(5)22-23-33(32)43(27-47)25-31(44)24-34(29(3)4)45(43,44)42(50)51/h24,27,29-33,37-41H,6-23,25-26,28H2,1-5H3,(H,50,51). The number of aldehydes is 1. The first-order valence-corrected chi connectivity index (χ1v) is 22.9. The number of hydrogen-bond donors (Lipinski definition) is 1. The Morgan fingerprint density at radius 2 is 1.46 bits per heavy atom. The van der Waals surface area contributed by atoms with Crippen LogP contribution >= 0.6 is 0 Å². The van der Waals surface area contributed by atoms with E-state index in [1.165, 1.54) is 38.5 Å². The van der Waals surface area contributed by atoms with Gasteiger partial charge in [-0.15, -0.1) is 0 Å². The van der Waals surface area contributed by atoms with E-state index in [0.717, 1.165) is 69.6 Å². The first-order chi connectivity index (χ1) is 27.4. The maximum Gasteiger partial charge on any atom is 0.328 e. The number of hydrogen-bond acceptors (Lipinski definition) is 10. The normalized spacial score (nSPS) is 40.5. The molecule has 13 unspecified atom stereocenters. The molecule has 4 aliphatic carbocycles. The molecular formula is C46H70O11. The average molecular weight is 799 g/mol. The minimum atomic E-state index is -1.88. The molecule has 4 heterocycles. The van der Waals surface area contributed by atoms with Gasteiger partial charge in [0.15, 0.2) is 18.5 Å². The number of rotatable bonds is 24. The molecule has 0 spiro atoms. The van der Waals surface area contributed by atoms with Crippen LogP contribution in [-0.2, 0) is 47.6 Å². The van der Waals surface area contributed by atoms with Gasteiger partial charge in [-0.1, -0.05) is 130 Å². The minimum absolute atomic E-state index is 0.0178. The molecule has 0 aromatic heterocycles. The Morgan fingerprint density at radius 3 is 2.05 bits per heavy atom. The van der Waals surface area contributed by atoms with Crippen molar-refractivity contribution in [1.82, 2.24) is 0 Å². The molecule has 1 N–H and O–H groups in total. The molecule has 0 aromatic carbocycles. The van der Waals surface area contributed by atoms with Gasteiger partial charge in [0.2, 0.25) is 6.10 Å². The van der Waals surface area contributed by atoms with Crippen LogP contribution in [0, 0.1) is 45.8 Å². The van der Waals surface area contributed by atoms with Crippen LogP contribution in [0.15, 0.2) is 11.6 Å². The van der Waals surface area contributed by atoms with Crippen molar-refractivity contribution in [2.24, 2.45) is 45.8 Å². The van der Waals surface area contributed by atoms with E-state index in [1.807, 2.05) is 13.8 Å². The Hall–Kier alpha value is -2.34. The van der Waals surface area contributed by atoms with Gasteiger partial charge in [0.25, 0.3) is 0 Å². The number of fused-ring (bicyclic) bond motifs is 2. The highest BCUT2D eigenvalue weighted by molar-refractivity contribution is 5.90. The maximum absolute atomic E-state index is 14.1.